The molecule has 100 valence electrons. The largest absolute Gasteiger partial charge is 0.506 e. The molecule has 2 aromatic carbocycles. The third-order valence-corrected chi connectivity index (χ3v) is 4.84. The first-order valence-corrected chi connectivity index (χ1v) is 7.45. The standard InChI is InChI=1S/C18H15ClO/c19-18-16(20)10-7-12-6-8-14-13-4-2-1-3-11(13)5-9-15(14)17(12)18/h2,4,6-8,10,20H,1,3,5,9H2. The van der Waals surface area contributed by atoms with E-state index in [9.17, 15) is 5.11 Å². The summed E-state index contributed by atoms with van der Waals surface area (Å²) in [7, 11) is 0. The fourth-order valence-corrected chi connectivity index (χ4v) is 3.76. The van der Waals surface area contributed by atoms with Gasteiger partial charge in [0.2, 0.25) is 0 Å². The second-order valence-corrected chi connectivity index (χ2v) is 5.92. The Labute approximate surface area is 123 Å². The Hall–Kier alpha value is -1.73. The molecule has 0 atom stereocenters. The molecule has 0 fully saturated rings. The Kier molecular flexibility index (Phi) is 2.64. The van der Waals surface area contributed by atoms with E-state index in [1.807, 2.05) is 6.07 Å². The highest BCUT2D eigenvalue weighted by atomic mass is 35.5. The lowest BCUT2D eigenvalue weighted by Crippen LogP contribution is -2.07. The van der Waals surface area contributed by atoms with Crippen molar-refractivity contribution in [3.05, 3.63) is 58.1 Å². The Morgan fingerprint density at radius 1 is 1.00 bits per heavy atom. The van der Waals surface area contributed by atoms with Crippen molar-refractivity contribution >= 4 is 27.9 Å². The van der Waals surface area contributed by atoms with Crippen molar-refractivity contribution in [1.29, 1.82) is 0 Å². The van der Waals surface area contributed by atoms with Crippen LogP contribution in [0.25, 0.3) is 16.3 Å². The van der Waals surface area contributed by atoms with Crippen molar-refractivity contribution in [2.75, 3.05) is 0 Å². The van der Waals surface area contributed by atoms with Crippen molar-refractivity contribution < 1.29 is 5.11 Å². The van der Waals surface area contributed by atoms with Gasteiger partial charge in [-0.25, -0.2) is 0 Å². The van der Waals surface area contributed by atoms with Crippen LogP contribution in [-0.2, 0) is 6.42 Å². The maximum Gasteiger partial charge on any atom is 0.134 e. The number of hydrogen-bond donors (Lipinski definition) is 1. The van der Waals surface area contributed by atoms with Gasteiger partial charge in [0.15, 0.2) is 0 Å². The first-order valence-electron chi connectivity index (χ1n) is 7.07. The molecule has 1 N–H and O–H groups in total. The Bertz CT molecular complexity index is 784. The first-order chi connectivity index (χ1) is 9.75. The molecule has 2 aromatic rings. The van der Waals surface area contributed by atoms with Gasteiger partial charge in [0.1, 0.15) is 5.75 Å². The van der Waals surface area contributed by atoms with E-state index in [2.05, 4.69) is 24.3 Å². The number of halogens is 1. The van der Waals surface area contributed by atoms with Crippen molar-refractivity contribution in [1.82, 2.24) is 0 Å². The second kappa shape index (κ2) is 4.39. The number of hydrogen-bond acceptors (Lipinski definition) is 1. The molecule has 0 heterocycles. The molecule has 4 rings (SSSR count). The van der Waals surface area contributed by atoms with Crippen LogP contribution in [0.15, 0.2) is 42.0 Å². The smallest absolute Gasteiger partial charge is 0.134 e. The van der Waals surface area contributed by atoms with E-state index in [-0.39, 0.29) is 5.75 Å². The van der Waals surface area contributed by atoms with Gasteiger partial charge in [-0.3, -0.25) is 0 Å². The summed E-state index contributed by atoms with van der Waals surface area (Å²) in [4.78, 5) is 0. The van der Waals surface area contributed by atoms with Gasteiger partial charge < -0.3 is 5.11 Å². The zero-order valence-corrected chi connectivity index (χ0v) is 11.9. The topological polar surface area (TPSA) is 20.2 Å². The van der Waals surface area contributed by atoms with Gasteiger partial charge >= 0.3 is 0 Å². The molecular weight excluding hydrogens is 268 g/mol. The molecule has 0 saturated heterocycles. The lowest BCUT2D eigenvalue weighted by atomic mass is 9.79. The van der Waals surface area contributed by atoms with Crippen LogP contribution in [0.2, 0.25) is 5.02 Å². The molecule has 2 heteroatoms. The molecule has 0 radical (unpaired) electrons. The monoisotopic (exact) mass is 282 g/mol. The van der Waals surface area contributed by atoms with Gasteiger partial charge in [-0.05, 0) is 53.8 Å². The Balaban J connectivity index is 2.07. The highest BCUT2D eigenvalue weighted by molar-refractivity contribution is 6.37. The number of fused-ring (bicyclic) bond motifs is 4. The van der Waals surface area contributed by atoms with E-state index in [1.165, 1.54) is 23.1 Å². The summed E-state index contributed by atoms with van der Waals surface area (Å²) in [5.74, 6) is 0.173. The third-order valence-electron chi connectivity index (χ3n) is 4.46. The van der Waals surface area contributed by atoms with Crippen molar-refractivity contribution in [3.63, 3.8) is 0 Å². The minimum atomic E-state index is 0.173. The summed E-state index contributed by atoms with van der Waals surface area (Å²) in [5.41, 5.74) is 5.52. The average molecular weight is 283 g/mol. The molecule has 0 aliphatic heterocycles. The van der Waals surface area contributed by atoms with Gasteiger partial charge in [0.05, 0.1) is 5.02 Å². The fraction of sp³-hybridized carbons (Fsp3) is 0.222. The summed E-state index contributed by atoms with van der Waals surface area (Å²) >= 11 is 6.35. The molecule has 0 spiro atoms. The Morgan fingerprint density at radius 3 is 2.75 bits per heavy atom. The van der Waals surface area contributed by atoms with E-state index in [4.69, 9.17) is 11.6 Å². The SMILES string of the molecule is Oc1ccc2ccc3c(c2c1Cl)CCC1=C3C=CCC1. The van der Waals surface area contributed by atoms with Crippen molar-refractivity contribution in [2.45, 2.75) is 25.7 Å². The zero-order valence-electron chi connectivity index (χ0n) is 11.1. The van der Waals surface area contributed by atoms with E-state index in [0.717, 1.165) is 30.0 Å². The van der Waals surface area contributed by atoms with Crippen molar-refractivity contribution in [3.8, 4) is 5.75 Å². The summed E-state index contributed by atoms with van der Waals surface area (Å²) in [6, 6.07) is 7.93. The van der Waals surface area contributed by atoms with Crippen LogP contribution in [0.4, 0.5) is 0 Å². The molecule has 0 amide bonds. The number of allylic oxidation sites excluding steroid dienone is 4. The van der Waals surface area contributed by atoms with Gasteiger partial charge in [-0.1, -0.05) is 47.5 Å². The maximum absolute atomic E-state index is 9.89. The molecule has 0 unspecified atom stereocenters. The van der Waals surface area contributed by atoms with Crippen LogP contribution in [-0.4, -0.2) is 5.11 Å². The van der Waals surface area contributed by atoms with E-state index < -0.39 is 0 Å². The summed E-state index contributed by atoms with van der Waals surface area (Å²) in [6.45, 7) is 0. The van der Waals surface area contributed by atoms with Crippen molar-refractivity contribution in [2.24, 2.45) is 0 Å². The van der Waals surface area contributed by atoms with Gasteiger partial charge in [0.25, 0.3) is 0 Å². The number of aryl methyl sites for hydroxylation is 1. The molecule has 1 nitrogen and oxygen atoms in total. The van der Waals surface area contributed by atoms with Crippen LogP contribution >= 0.6 is 11.6 Å². The highest BCUT2D eigenvalue weighted by Crippen LogP contribution is 2.43. The Morgan fingerprint density at radius 2 is 1.85 bits per heavy atom. The maximum atomic E-state index is 9.89. The molecular formula is C18H15ClO. The first kappa shape index (κ1) is 12.0. The number of aromatic hydroxyl groups is 1. The van der Waals surface area contributed by atoms with Gasteiger partial charge in [0, 0.05) is 5.39 Å². The lowest BCUT2D eigenvalue weighted by molar-refractivity contribution is 0.476. The molecule has 2 aliphatic carbocycles. The molecule has 0 saturated carbocycles. The predicted molar refractivity (Wildman–Crippen MR) is 84.2 cm³/mol. The van der Waals surface area contributed by atoms with E-state index >= 15 is 0 Å². The summed E-state index contributed by atoms with van der Waals surface area (Å²) in [5, 5.41) is 12.5. The summed E-state index contributed by atoms with van der Waals surface area (Å²) < 4.78 is 0. The average Bonchev–Trinajstić information content (AvgIpc) is 2.50. The molecule has 0 bridgehead atoms. The van der Waals surface area contributed by atoms with E-state index in [1.54, 1.807) is 11.6 Å². The van der Waals surface area contributed by atoms with Gasteiger partial charge in [-0.15, -0.1) is 0 Å². The highest BCUT2D eigenvalue weighted by Gasteiger charge is 2.22. The van der Waals surface area contributed by atoms with E-state index in [0.29, 0.717) is 5.02 Å². The fourth-order valence-electron chi connectivity index (χ4n) is 3.47. The van der Waals surface area contributed by atoms with Crippen LogP contribution < -0.4 is 0 Å². The quantitative estimate of drug-likeness (QED) is 0.700. The van der Waals surface area contributed by atoms with Gasteiger partial charge in [-0.2, -0.15) is 0 Å². The number of benzene rings is 2. The lowest BCUT2D eigenvalue weighted by Gasteiger charge is -2.25. The molecule has 0 aromatic heterocycles. The van der Waals surface area contributed by atoms with Crippen LogP contribution in [0.3, 0.4) is 0 Å². The normalized spacial score (nSPS) is 17.2. The zero-order chi connectivity index (χ0) is 13.7. The number of phenolic OH excluding ortho intramolecular Hbond substituents is 1. The second-order valence-electron chi connectivity index (χ2n) is 5.55. The molecule has 2 aliphatic rings. The van der Waals surface area contributed by atoms with Crippen LogP contribution in [0, 0.1) is 0 Å². The van der Waals surface area contributed by atoms with Crippen LogP contribution in [0.1, 0.15) is 30.4 Å². The minimum absolute atomic E-state index is 0.173. The van der Waals surface area contributed by atoms with Crippen LogP contribution in [0.5, 0.6) is 5.75 Å². The molecule has 20 heavy (non-hydrogen) atoms. The number of phenols is 1. The summed E-state index contributed by atoms with van der Waals surface area (Å²) in [6.07, 6.45) is 8.96. The predicted octanol–water partition coefficient (Wildman–Crippen LogP) is 5.25. The number of rotatable bonds is 0. The minimum Gasteiger partial charge on any atom is -0.506 e. The third kappa shape index (κ3) is 1.63.